The van der Waals surface area contributed by atoms with E-state index in [1.54, 1.807) is 6.92 Å². The molecule has 0 atom stereocenters. The number of hydrogen-bond acceptors (Lipinski definition) is 5. The van der Waals surface area contributed by atoms with Crippen LogP contribution < -0.4 is 29.6 Å². The molecule has 0 amide bonds. The van der Waals surface area contributed by atoms with Gasteiger partial charge in [-0.2, -0.15) is 5.06 Å². The number of carboxylic acids is 2. The van der Waals surface area contributed by atoms with Crippen molar-refractivity contribution in [3.8, 4) is 0 Å². The van der Waals surface area contributed by atoms with E-state index in [1.807, 2.05) is 0 Å². The van der Waals surface area contributed by atoms with E-state index in [1.165, 1.54) is 4.90 Å². The van der Waals surface area contributed by atoms with Crippen LogP contribution in [0.15, 0.2) is 0 Å². The van der Waals surface area contributed by atoms with E-state index in [0.29, 0.717) is 6.54 Å². The number of carboxylic acid groups (broad SMARTS) is 2. The van der Waals surface area contributed by atoms with Gasteiger partial charge in [0.1, 0.15) is 0 Å². The number of nitrogens with zero attached hydrogens (tertiary/aromatic N) is 2. The summed E-state index contributed by atoms with van der Waals surface area (Å²) >= 11 is 0. The summed E-state index contributed by atoms with van der Waals surface area (Å²) in [6.45, 7) is 1.88. The van der Waals surface area contributed by atoms with Crippen molar-refractivity contribution in [3.63, 3.8) is 0 Å². The van der Waals surface area contributed by atoms with Crippen molar-refractivity contribution >= 4 is 11.9 Å². The fourth-order valence-electron chi connectivity index (χ4n) is 1.01. The van der Waals surface area contributed by atoms with E-state index < -0.39 is 11.9 Å². The second-order valence-corrected chi connectivity index (χ2v) is 3.04. The van der Waals surface area contributed by atoms with Crippen molar-refractivity contribution in [1.29, 1.82) is 0 Å². The third kappa shape index (κ3) is 10.3. The Morgan fingerprint density at radius 3 is 1.88 bits per heavy atom. The van der Waals surface area contributed by atoms with Crippen LogP contribution in [0.4, 0.5) is 0 Å². The summed E-state index contributed by atoms with van der Waals surface area (Å²) in [6, 6.07) is 0. The number of rotatable bonds is 8. The van der Waals surface area contributed by atoms with Crippen LogP contribution in [0.25, 0.3) is 0 Å². The minimum Gasteiger partial charge on any atom is -1.00 e. The molecule has 0 bridgehead atoms. The fraction of sp³-hybridized carbons (Fsp3) is 0.750. The molecule has 3 N–H and O–H groups in total. The van der Waals surface area contributed by atoms with Gasteiger partial charge in [-0.05, 0) is 0 Å². The van der Waals surface area contributed by atoms with Crippen LogP contribution in [-0.2, 0) is 9.59 Å². The zero-order valence-electron chi connectivity index (χ0n) is 10.6. The number of carbonyl (C=O) groups is 2. The van der Waals surface area contributed by atoms with Crippen molar-refractivity contribution < 1.29 is 56.0 Å². The molecule has 0 rings (SSSR count). The monoisotopic (exact) mass is 244 g/mol. The standard InChI is InChI=1S/C8H16N2O5.Na.H/c1-2-10(15)4-3-9(5-7(11)12)6-8(13)14;;/h15H,2-6H2,1H3,(H,11,12)(H,13,14);;/q;+1;-1. The predicted octanol–water partition coefficient (Wildman–Crippen LogP) is -3.71. The molecule has 0 saturated heterocycles. The van der Waals surface area contributed by atoms with Gasteiger partial charge in [0.15, 0.2) is 0 Å². The van der Waals surface area contributed by atoms with Crippen LogP contribution in [0.1, 0.15) is 8.35 Å². The Labute approximate surface area is 117 Å². The molecule has 16 heavy (non-hydrogen) atoms. The fourth-order valence-corrected chi connectivity index (χ4v) is 1.01. The maximum atomic E-state index is 10.4. The Kier molecular flexibility index (Phi) is 11.4. The molecule has 0 aromatic heterocycles. The van der Waals surface area contributed by atoms with Gasteiger partial charge in [-0.25, -0.2) is 0 Å². The van der Waals surface area contributed by atoms with Gasteiger partial charge in [-0.1, -0.05) is 6.92 Å². The van der Waals surface area contributed by atoms with E-state index in [-0.39, 0.29) is 57.2 Å². The van der Waals surface area contributed by atoms with Crippen molar-refractivity contribution in [3.05, 3.63) is 0 Å². The van der Waals surface area contributed by atoms with Crippen LogP contribution in [-0.4, -0.2) is 70.0 Å². The molecule has 0 aliphatic rings. The van der Waals surface area contributed by atoms with Crippen LogP contribution in [0, 0.1) is 0 Å². The quantitative estimate of drug-likeness (QED) is 0.298. The Bertz CT molecular complexity index is 216. The zero-order valence-corrected chi connectivity index (χ0v) is 11.6. The third-order valence-electron chi connectivity index (χ3n) is 1.76. The molecular weight excluding hydrogens is 227 g/mol. The maximum Gasteiger partial charge on any atom is 1.00 e. The average molecular weight is 244 g/mol. The number of likely N-dealkylation sites (N-methyl/N-ethyl adjacent to an activating group) is 1. The SMILES string of the molecule is CCN(O)CCN(CC(=O)O)CC(=O)O.[H-].[Na+]. The summed E-state index contributed by atoms with van der Waals surface area (Å²) in [4.78, 5) is 22.0. The van der Waals surface area contributed by atoms with Crippen LogP contribution in [0.5, 0.6) is 0 Å². The Balaban J connectivity index is -0.000000980. The molecule has 0 saturated carbocycles. The second kappa shape index (κ2) is 10.0. The Morgan fingerprint density at radius 1 is 1.12 bits per heavy atom. The summed E-state index contributed by atoms with van der Waals surface area (Å²) in [6.07, 6.45) is 0. The van der Waals surface area contributed by atoms with Crippen molar-refractivity contribution in [2.45, 2.75) is 6.92 Å². The van der Waals surface area contributed by atoms with E-state index in [4.69, 9.17) is 15.4 Å². The van der Waals surface area contributed by atoms with Gasteiger partial charge in [-0.15, -0.1) is 0 Å². The molecular formula is C8H17N2NaO5. The summed E-state index contributed by atoms with van der Waals surface area (Å²) in [7, 11) is 0. The number of hydrogen-bond donors (Lipinski definition) is 3. The molecule has 0 aliphatic carbocycles. The second-order valence-electron chi connectivity index (χ2n) is 3.04. The smallest absolute Gasteiger partial charge is 1.00 e. The third-order valence-corrected chi connectivity index (χ3v) is 1.76. The molecule has 0 radical (unpaired) electrons. The number of hydroxylamine groups is 2. The zero-order chi connectivity index (χ0) is 11.8. The average Bonchev–Trinajstić information content (AvgIpc) is 2.11. The first-order chi connectivity index (χ1) is 6.95. The first kappa shape index (κ1) is 18.2. The van der Waals surface area contributed by atoms with Crippen molar-refractivity contribution in [2.24, 2.45) is 0 Å². The van der Waals surface area contributed by atoms with E-state index >= 15 is 0 Å². The predicted molar refractivity (Wildman–Crippen MR) is 51.9 cm³/mol. The maximum absolute atomic E-state index is 10.4. The van der Waals surface area contributed by atoms with E-state index in [2.05, 4.69) is 0 Å². The van der Waals surface area contributed by atoms with Gasteiger partial charge in [0, 0.05) is 19.6 Å². The molecule has 0 aromatic carbocycles. The molecule has 0 heterocycles. The van der Waals surface area contributed by atoms with E-state index in [0.717, 1.165) is 5.06 Å². The molecule has 0 spiro atoms. The Hall–Kier alpha value is -0.180. The van der Waals surface area contributed by atoms with Gasteiger partial charge >= 0.3 is 41.5 Å². The normalized spacial score (nSPS) is 10.2. The van der Waals surface area contributed by atoms with Gasteiger partial charge in [-0.3, -0.25) is 14.5 Å². The summed E-state index contributed by atoms with van der Waals surface area (Å²) < 4.78 is 0. The summed E-state index contributed by atoms with van der Waals surface area (Å²) in [5, 5.41) is 27.1. The summed E-state index contributed by atoms with van der Waals surface area (Å²) in [5.74, 6) is -2.17. The first-order valence-electron chi connectivity index (χ1n) is 4.55. The van der Waals surface area contributed by atoms with Gasteiger partial charge in [0.2, 0.25) is 0 Å². The van der Waals surface area contributed by atoms with Crippen molar-refractivity contribution in [2.75, 3.05) is 32.7 Å². The van der Waals surface area contributed by atoms with Crippen LogP contribution in [0.2, 0.25) is 0 Å². The van der Waals surface area contributed by atoms with E-state index in [9.17, 15) is 9.59 Å². The molecule has 90 valence electrons. The van der Waals surface area contributed by atoms with Crippen LogP contribution in [0.3, 0.4) is 0 Å². The molecule has 7 nitrogen and oxygen atoms in total. The largest absolute Gasteiger partial charge is 1.00 e. The van der Waals surface area contributed by atoms with Crippen LogP contribution >= 0.6 is 0 Å². The van der Waals surface area contributed by atoms with Gasteiger partial charge in [0.25, 0.3) is 0 Å². The summed E-state index contributed by atoms with van der Waals surface area (Å²) in [5.41, 5.74) is 0. The Morgan fingerprint density at radius 2 is 1.56 bits per heavy atom. The minimum absolute atomic E-state index is 0. The molecule has 0 unspecified atom stereocenters. The van der Waals surface area contributed by atoms with Gasteiger partial charge in [0.05, 0.1) is 13.1 Å². The topological polar surface area (TPSA) is 101 Å². The minimum atomic E-state index is -1.09. The first-order valence-corrected chi connectivity index (χ1v) is 4.55. The molecule has 8 heteroatoms. The molecule has 0 aromatic rings. The molecule has 0 aliphatic heterocycles. The van der Waals surface area contributed by atoms with Gasteiger partial charge < -0.3 is 16.8 Å². The molecule has 0 fully saturated rings. The van der Waals surface area contributed by atoms with Crippen molar-refractivity contribution in [1.82, 2.24) is 9.96 Å². The number of aliphatic carboxylic acids is 2.